The molecule has 122 valence electrons. The van der Waals surface area contributed by atoms with Crippen LogP contribution in [0.25, 0.3) is 11.1 Å². The zero-order chi connectivity index (χ0) is 17.4. The van der Waals surface area contributed by atoms with Gasteiger partial charge >= 0.3 is 6.09 Å². The Morgan fingerprint density at radius 2 is 1.87 bits per heavy atom. The summed E-state index contributed by atoms with van der Waals surface area (Å²) in [4.78, 5) is 16.9. The third-order valence-corrected chi connectivity index (χ3v) is 3.69. The molecule has 0 saturated carbocycles. The molecule has 23 heavy (non-hydrogen) atoms. The second kappa shape index (κ2) is 5.99. The van der Waals surface area contributed by atoms with Gasteiger partial charge in [0.1, 0.15) is 5.82 Å². The van der Waals surface area contributed by atoms with Crippen molar-refractivity contribution < 1.29 is 14.3 Å². The first kappa shape index (κ1) is 16.9. The number of benzene rings is 1. The average molecular weight is 316 g/mol. The van der Waals surface area contributed by atoms with E-state index in [2.05, 4.69) is 4.98 Å². The molecule has 2 aromatic rings. The van der Waals surface area contributed by atoms with E-state index in [0.717, 1.165) is 21.7 Å². The standard InChI is InChI=1S/C18H21FN2O2/c1-11-8-9-20-12(2)16(11)14-7-6-13(10-15(14)19)21(17(22)23)18(3,4)5/h6-10H,1-5H3,(H,22,23). The quantitative estimate of drug-likeness (QED) is 0.867. The maximum atomic E-state index is 14.7. The molecule has 1 amide bonds. The topological polar surface area (TPSA) is 53.4 Å². The SMILES string of the molecule is Cc1ccnc(C)c1-c1ccc(N(C(=O)O)C(C)(C)C)cc1F. The smallest absolute Gasteiger partial charge is 0.412 e. The number of aromatic nitrogens is 1. The third-order valence-electron chi connectivity index (χ3n) is 3.69. The van der Waals surface area contributed by atoms with Crippen molar-refractivity contribution in [3.05, 3.63) is 47.5 Å². The largest absolute Gasteiger partial charge is 0.465 e. The van der Waals surface area contributed by atoms with Crippen molar-refractivity contribution in [3.8, 4) is 11.1 Å². The Morgan fingerprint density at radius 1 is 1.22 bits per heavy atom. The fourth-order valence-corrected chi connectivity index (χ4v) is 2.73. The summed E-state index contributed by atoms with van der Waals surface area (Å²) in [7, 11) is 0. The van der Waals surface area contributed by atoms with Gasteiger partial charge in [-0.05, 0) is 64.4 Å². The van der Waals surface area contributed by atoms with Crippen molar-refractivity contribution in [2.45, 2.75) is 40.2 Å². The molecule has 0 spiro atoms. The zero-order valence-electron chi connectivity index (χ0n) is 14.0. The summed E-state index contributed by atoms with van der Waals surface area (Å²) in [5.41, 5.74) is 2.48. The van der Waals surface area contributed by atoms with E-state index in [4.69, 9.17) is 0 Å². The van der Waals surface area contributed by atoms with E-state index >= 15 is 0 Å². The highest BCUT2D eigenvalue weighted by molar-refractivity contribution is 5.88. The number of carbonyl (C=O) groups is 1. The van der Waals surface area contributed by atoms with Gasteiger partial charge in [0.2, 0.25) is 0 Å². The van der Waals surface area contributed by atoms with E-state index in [1.165, 1.54) is 6.07 Å². The van der Waals surface area contributed by atoms with Gasteiger partial charge in [0.05, 0.1) is 5.69 Å². The van der Waals surface area contributed by atoms with E-state index in [0.29, 0.717) is 11.3 Å². The number of anilines is 1. The molecule has 0 radical (unpaired) electrons. The Morgan fingerprint density at radius 3 is 2.35 bits per heavy atom. The zero-order valence-corrected chi connectivity index (χ0v) is 14.0. The molecule has 0 saturated heterocycles. The Bertz CT molecular complexity index is 731. The van der Waals surface area contributed by atoms with Crippen molar-refractivity contribution >= 4 is 11.8 Å². The fraction of sp³-hybridized carbons (Fsp3) is 0.333. The second-order valence-electron chi connectivity index (χ2n) is 6.54. The van der Waals surface area contributed by atoms with Gasteiger partial charge in [0, 0.05) is 28.6 Å². The first-order valence-corrected chi connectivity index (χ1v) is 7.38. The molecule has 1 aromatic carbocycles. The first-order valence-electron chi connectivity index (χ1n) is 7.38. The molecule has 0 aliphatic rings. The summed E-state index contributed by atoms with van der Waals surface area (Å²) in [5, 5.41) is 9.42. The fourth-order valence-electron chi connectivity index (χ4n) is 2.73. The number of amides is 1. The Balaban J connectivity index is 2.56. The summed E-state index contributed by atoms with van der Waals surface area (Å²) in [6, 6.07) is 6.34. The maximum absolute atomic E-state index is 14.7. The van der Waals surface area contributed by atoms with E-state index in [9.17, 15) is 14.3 Å². The van der Waals surface area contributed by atoms with Crippen molar-refractivity contribution in [1.29, 1.82) is 0 Å². The number of carboxylic acid groups (broad SMARTS) is 1. The van der Waals surface area contributed by atoms with Gasteiger partial charge < -0.3 is 5.11 Å². The summed E-state index contributed by atoms with van der Waals surface area (Å²) in [5.74, 6) is -0.461. The minimum absolute atomic E-state index is 0.311. The lowest BCUT2D eigenvalue weighted by Crippen LogP contribution is -2.45. The molecule has 0 bridgehead atoms. The van der Waals surface area contributed by atoms with Crippen LogP contribution < -0.4 is 4.90 Å². The summed E-state index contributed by atoms with van der Waals surface area (Å²) < 4.78 is 14.7. The predicted octanol–water partition coefficient (Wildman–Crippen LogP) is 4.79. The Kier molecular flexibility index (Phi) is 4.41. The third kappa shape index (κ3) is 3.33. The lowest BCUT2D eigenvalue weighted by Gasteiger charge is -2.33. The minimum Gasteiger partial charge on any atom is -0.465 e. The molecule has 2 rings (SSSR count). The van der Waals surface area contributed by atoms with Gasteiger partial charge in [-0.25, -0.2) is 9.18 Å². The number of halogens is 1. The highest BCUT2D eigenvalue weighted by atomic mass is 19.1. The molecule has 0 atom stereocenters. The Labute approximate surface area is 135 Å². The van der Waals surface area contributed by atoms with Gasteiger partial charge in [-0.1, -0.05) is 0 Å². The monoisotopic (exact) mass is 316 g/mol. The molecule has 1 heterocycles. The van der Waals surface area contributed by atoms with Crippen LogP contribution in [-0.4, -0.2) is 21.7 Å². The molecule has 1 aromatic heterocycles. The summed E-state index contributed by atoms with van der Waals surface area (Å²) in [6.07, 6.45) is 0.574. The lowest BCUT2D eigenvalue weighted by molar-refractivity contribution is 0.195. The van der Waals surface area contributed by atoms with Crippen LogP contribution in [0.15, 0.2) is 30.5 Å². The molecule has 0 fully saturated rings. The van der Waals surface area contributed by atoms with Crippen molar-refractivity contribution in [2.24, 2.45) is 0 Å². The van der Waals surface area contributed by atoms with E-state index in [-0.39, 0.29) is 0 Å². The number of hydrogen-bond donors (Lipinski definition) is 1. The van der Waals surface area contributed by atoms with Gasteiger partial charge in [-0.3, -0.25) is 9.88 Å². The van der Waals surface area contributed by atoms with Crippen LogP contribution in [0.5, 0.6) is 0 Å². The van der Waals surface area contributed by atoms with Crippen molar-refractivity contribution in [3.63, 3.8) is 0 Å². The van der Waals surface area contributed by atoms with Gasteiger partial charge in [0.15, 0.2) is 0 Å². The summed E-state index contributed by atoms with van der Waals surface area (Å²) >= 11 is 0. The van der Waals surface area contributed by atoms with E-state index in [1.54, 1.807) is 39.1 Å². The van der Waals surface area contributed by atoms with Crippen LogP contribution in [0.4, 0.5) is 14.9 Å². The molecule has 0 unspecified atom stereocenters. The molecule has 0 aliphatic heterocycles. The Hall–Kier alpha value is -2.43. The van der Waals surface area contributed by atoms with Gasteiger partial charge in [-0.15, -0.1) is 0 Å². The number of aryl methyl sites for hydroxylation is 2. The van der Waals surface area contributed by atoms with Crippen LogP contribution in [-0.2, 0) is 0 Å². The van der Waals surface area contributed by atoms with Gasteiger partial charge in [0.25, 0.3) is 0 Å². The van der Waals surface area contributed by atoms with Crippen molar-refractivity contribution in [1.82, 2.24) is 4.98 Å². The maximum Gasteiger partial charge on any atom is 0.412 e. The summed E-state index contributed by atoms with van der Waals surface area (Å²) in [6.45, 7) is 9.03. The minimum atomic E-state index is -1.11. The van der Waals surface area contributed by atoms with Crippen LogP contribution in [0.3, 0.4) is 0 Å². The second-order valence-corrected chi connectivity index (χ2v) is 6.54. The first-order chi connectivity index (χ1) is 10.6. The molecule has 5 heteroatoms. The molecule has 4 nitrogen and oxygen atoms in total. The van der Waals surface area contributed by atoms with Crippen LogP contribution in [0.1, 0.15) is 32.0 Å². The predicted molar refractivity (Wildman–Crippen MR) is 89.4 cm³/mol. The van der Waals surface area contributed by atoms with Gasteiger partial charge in [-0.2, -0.15) is 0 Å². The van der Waals surface area contributed by atoms with Crippen LogP contribution >= 0.6 is 0 Å². The van der Waals surface area contributed by atoms with E-state index in [1.807, 2.05) is 19.9 Å². The molecule has 0 aliphatic carbocycles. The molecular weight excluding hydrogens is 295 g/mol. The number of nitrogens with zero attached hydrogens (tertiary/aromatic N) is 2. The number of rotatable bonds is 2. The van der Waals surface area contributed by atoms with Crippen LogP contribution in [0.2, 0.25) is 0 Å². The number of pyridine rings is 1. The molecular formula is C18H21FN2O2. The number of hydrogen-bond acceptors (Lipinski definition) is 2. The average Bonchev–Trinajstić information content (AvgIpc) is 2.38. The van der Waals surface area contributed by atoms with Crippen LogP contribution in [0, 0.1) is 19.7 Å². The van der Waals surface area contributed by atoms with Crippen molar-refractivity contribution in [2.75, 3.05) is 4.90 Å². The highest BCUT2D eigenvalue weighted by Gasteiger charge is 2.28. The highest BCUT2D eigenvalue weighted by Crippen LogP contribution is 2.32. The normalized spacial score (nSPS) is 11.4. The molecule has 1 N–H and O–H groups in total. The lowest BCUT2D eigenvalue weighted by atomic mass is 9.98. The van der Waals surface area contributed by atoms with E-state index < -0.39 is 17.4 Å².